The minimum absolute atomic E-state index is 0.119. The fourth-order valence-corrected chi connectivity index (χ4v) is 2.55. The third-order valence-electron chi connectivity index (χ3n) is 3.48. The number of carbonyl (C=O) groups excluding carboxylic acids is 1. The lowest BCUT2D eigenvalue weighted by atomic mass is 10.1. The number of furan rings is 1. The van der Waals surface area contributed by atoms with Crippen LogP contribution in [0.2, 0.25) is 0 Å². The minimum atomic E-state index is -0.437. The molecular weight excluding hydrogens is 256 g/mol. The Morgan fingerprint density at radius 2 is 2.00 bits per heavy atom. The number of hydrogen-bond donors (Lipinski definition) is 0. The van der Waals surface area contributed by atoms with Crippen LogP contribution in [0.3, 0.4) is 0 Å². The summed E-state index contributed by atoms with van der Waals surface area (Å²) in [6.45, 7) is 8.32. The molecule has 2 unspecified atom stereocenters. The maximum atomic E-state index is 11.4. The van der Waals surface area contributed by atoms with Crippen LogP contribution in [0.25, 0.3) is 0 Å². The van der Waals surface area contributed by atoms with E-state index in [9.17, 15) is 4.79 Å². The molecule has 0 aliphatic heterocycles. The number of hydrogen-bond acceptors (Lipinski definition) is 5. The van der Waals surface area contributed by atoms with Gasteiger partial charge >= 0.3 is 5.97 Å². The lowest BCUT2D eigenvalue weighted by Crippen LogP contribution is -2.41. The molecule has 1 aromatic heterocycles. The summed E-state index contributed by atoms with van der Waals surface area (Å²) in [5, 5.41) is 0. The van der Waals surface area contributed by atoms with Gasteiger partial charge in [0.2, 0.25) is 5.76 Å². The third-order valence-corrected chi connectivity index (χ3v) is 3.48. The van der Waals surface area contributed by atoms with Gasteiger partial charge in [0.05, 0.1) is 13.2 Å². The number of methoxy groups -OCH3 is 1. The molecule has 0 amide bonds. The van der Waals surface area contributed by atoms with Crippen LogP contribution < -0.4 is 0 Å². The van der Waals surface area contributed by atoms with Gasteiger partial charge in [0, 0.05) is 12.6 Å². The lowest BCUT2D eigenvalue weighted by Gasteiger charge is -2.34. The van der Waals surface area contributed by atoms with Crippen LogP contribution in [0.1, 0.15) is 43.1 Å². The van der Waals surface area contributed by atoms with Crippen LogP contribution in [0.5, 0.6) is 0 Å². The van der Waals surface area contributed by atoms with Crippen LogP contribution in [-0.4, -0.2) is 56.1 Å². The van der Waals surface area contributed by atoms with Crippen LogP contribution in [-0.2, 0) is 4.74 Å². The van der Waals surface area contributed by atoms with Crippen molar-refractivity contribution >= 4 is 5.97 Å². The number of likely N-dealkylation sites (N-methyl/N-ethyl adjacent to an activating group) is 2. The molecule has 0 radical (unpaired) electrons. The highest BCUT2D eigenvalue weighted by molar-refractivity contribution is 5.86. The molecule has 1 rings (SSSR count). The monoisotopic (exact) mass is 282 g/mol. The average Bonchev–Trinajstić information content (AvgIpc) is 2.87. The van der Waals surface area contributed by atoms with Gasteiger partial charge in [0.1, 0.15) is 5.76 Å². The zero-order valence-electron chi connectivity index (χ0n) is 13.3. The third kappa shape index (κ3) is 4.08. The molecular formula is C15H26N2O3. The molecule has 0 aromatic carbocycles. The fraction of sp³-hybridized carbons (Fsp3) is 0.667. The molecule has 5 heteroatoms. The van der Waals surface area contributed by atoms with E-state index in [4.69, 9.17) is 4.42 Å². The molecule has 0 fully saturated rings. The second-order valence-electron chi connectivity index (χ2n) is 5.31. The first-order valence-corrected chi connectivity index (χ1v) is 6.99. The van der Waals surface area contributed by atoms with Gasteiger partial charge in [-0.1, -0.05) is 6.92 Å². The Morgan fingerprint density at radius 1 is 1.35 bits per heavy atom. The smallest absolute Gasteiger partial charge is 0.373 e. The van der Waals surface area contributed by atoms with Crippen molar-refractivity contribution in [1.82, 2.24) is 9.80 Å². The van der Waals surface area contributed by atoms with Gasteiger partial charge < -0.3 is 14.1 Å². The van der Waals surface area contributed by atoms with E-state index in [1.807, 2.05) is 6.07 Å². The molecule has 0 spiro atoms. The molecule has 0 aliphatic rings. The van der Waals surface area contributed by atoms with E-state index >= 15 is 0 Å². The normalized spacial score (nSPS) is 14.6. The topological polar surface area (TPSA) is 45.9 Å². The summed E-state index contributed by atoms with van der Waals surface area (Å²) in [7, 11) is 5.49. The Balaban J connectivity index is 2.82. The Hall–Kier alpha value is -1.33. The molecule has 5 nitrogen and oxygen atoms in total. The zero-order chi connectivity index (χ0) is 15.3. The highest BCUT2D eigenvalue weighted by atomic mass is 16.5. The van der Waals surface area contributed by atoms with E-state index in [1.165, 1.54) is 7.11 Å². The standard InChI is InChI=1S/C15H26N2O3/c1-7-17(11(2)10-16(4)5)12(3)13-8-9-14(20-13)15(18)19-6/h8-9,11-12H,7,10H2,1-6H3. The molecule has 0 N–H and O–H groups in total. The summed E-state index contributed by atoms with van der Waals surface area (Å²) in [5.74, 6) is 0.608. The molecule has 2 atom stereocenters. The maximum absolute atomic E-state index is 11.4. The number of ether oxygens (including phenoxy) is 1. The number of carbonyl (C=O) groups is 1. The van der Waals surface area contributed by atoms with E-state index in [1.54, 1.807) is 6.07 Å². The maximum Gasteiger partial charge on any atom is 0.373 e. The van der Waals surface area contributed by atoms with E-state index in [-0.39, 0.29) is 11.8 Å². The van der Waals surface area contributed by atoms with Gasteiger partial charge in [-0.05, 0) is 46.6 Å². The summed E-state index contributed by atoms with van der Waals surface area (Å²) in [6, 6.07) is 4.04. The Bertz CT molecular complexity index is 429. The number of rotatable bonds is 7. The van der Waals surface area contributed by atoms with Gasteiger partial charge in [0.15, 0.2) is 0 Å². The first kappa shape index (κ1) is 16.7. The van der Waals surface area contributed by atoms with Crippen LogP contribution >= 0.6 is 0 Å². The van der Waals surface area contributed by atoms with E-state index in [0.717, 1.165) is 18.8 Å². The Labute approximate surface area is 121 Å². The van der Waals surface area contributed by atoms with E-state index in [0.29, 0.717) is 6.04 Å². The summed E-state index contributed by atoms with van der Waals surface area (Å²) in [4.78, 5) is 15.9. The molecule has 0 aliphatic carbocycles. The van der Waals surface area contributed by atoms with E-state index in [2.05, 4.69) is 49.4 Å². The molecule has 0 saturated carbocycles. The molecule has 1 heterocycles. The van der Waals surface area contributed by atoms with Crippen molar-refractivity contribution in [2.24, 2.45) is 0 Å². The number of nitrogens with zero attached hydrogens (tertiary/aromatic N) is 2. The van der Waals surface area contributed by atoms with Crippen molar-refractivity contribution in [2.75, 3.05) is 34.3 Å². The summed E-state index contributed by atoms with van der Waals surface area (Å²) >= 11 is 0. The second kappa shape index (κ2) is 7.45. The Morgan fingerprint density at radius 3 is 2.50 bits per heavy atom. The van der Waals surface area contributed by atoms with Crippen molar-refractivity contribution < 1.29 is 13.9 Å². The molecule has 0 bridgehead atoms. The highest BCUT2D eigenvalue weighted by Gasteiger charge is 2.24. The van der Waals surface area contributed by atoms with Gasteiger partial charge in [-0.25, -0.2) is 4.79 Å². The second-order valence-corrected chi connectivity index (χ2v) is 5.31. The lowest BCUT2D eigenvalue weighted by molar-refractivity contribution is 0.0556. The van der Waals surface area contributed by atoms with Crippen molar-refractivity contribution in [1.29, 1.82) is 0 Å². The fourth-order valence-electron chi connectivity index (χ4n) is 2.55. The molecule has 20 heavy (non-hydrogen) atoms. The van der Waals surface area contributed by atoms with Crippen molar-refractivity contribution in [2.45, 2.75) is 32.9 Å². The van der Waals surface area contributed by atoms with Crippen LogP contribution in [0.4, 0.5) is 0 Å². The quantitative estimate of drug-likeness (QED) is 0.719. The van der Waals surface area contributed by atoms with Crippen LogP contribution in [0, 0.1) is 0 Å². The average molecular weight is 282 g/mol. The first-order chi connectivity index (χ1) is 9.40. The minimum Gasteiger partial charge on any atom is -0.463 e. The SMILES string of the molecule is CCN(C(C)CN(C)C)C(C)c1ccc(C(=O)OC)o1. The summed E-state index contributed by atoms with van der Waals surface area (Å²) in [5.41, 5.74) is 0. The number of esters is 1. The van der Waals surface area contributed by atoms with Gasteiger partial charge in [-0.2, -0.15) is 0 Å². The predicted molar refractivity (Wildman–Crippen MR) is 78.9 cm³/mol. The van der Waals surface area contributed by atoms with Gasteiger partial charge in [-0.3, -0.25) is 4.90 Å². The van der Waals surface area contributed by atoms with Crippen molar-refractivity contribution in [3.8, 4) is 0 Å². The predicted octanol–water partition coefficient (Wildman–Crippen LogP) is 2.40. The summed E-state index contributed by atoms with van der Waals surface area (Å²) < 4.78 is 10.3. The Kier molecular flexibility index (Phi) is 6.23. The van der Waals surface area contributed by atoms with E-state index < -0.39 is 5.97 Å². The largest absolute Gasteiger partial charge is 0.463 e. The molecule has 114 valence electrons. The van der Waals surface area contributed by atoms with Crippen molar-refractivity contribution in [3.63, 3.8) is 0 Å². The van der Waals surface area contributed by atoms with Gasteiger partial charge in [-0.15, -0.1) is 0 Å². The molecule has 1 aromatic rings. The highest BCUT2D eigenvalue weighted by Crippen LogP contribution is 2.24. The first-order valence-electron chi connectivity index (χ1n) is 6.99. The van der Waals surface area contributed by atoms with Crippen molar-refractivity contribution in [3.05, 3.63) is 23.7 Å². The summed E-state index contributed by atoms with van der Waals surface area (Å²) in [6.07, 6.45) is 0. The van der Waals surface area contributed by atoms with Crippen LogP contribution in [0.15, 0.2) is 16.5 Å². The van der Waals surface area contributed by atoms with Gasteiger partial charge in [0.25, 0.3) is 0 Å². The zero-order valence-corrected chi connectivity index (χ0v) is 13.3. The molecule has 0 saturated heterocycles.